The van der Waals surface area contributed by atoms with Crippen molar-refractivity contribution in [3.05, 3.63) is 23.3 Å². The molecule has 1 aliphatic rings. The molecule has 0 unspecified atom stereocenters. The van der Waals surface area contributed by atoms with Gasteiger partial charge in [-0.25, -0.2) is 8.42 Å². The molecule has 1 aromatic carbocycles. The molecule has 1 heterocycles. The molecule has 7 nitrogen and oxygen atoms in total. The molecule has 1 amide bonds. The highest BCUT2D eigenvalue weighted by Gasteiger charge is 2.33. The number of rotatable bonds is 7. The molecule has 1 fully saturated rings. The normalized spacial score (nSPS) is 16.5. The van der Waals surface area contributed by atoms with Crippen LogP contribution in [0.4, 0.5) is 0 Å². The number of sulfonamides is 1. The Morgan fingerprint density at radius 2 is 1.85 bits per heavy atom. The molecule has 8 heteroatoms. The lowest BCUT2D eigenvalue weighted by Gasteiger charge is -2.31. The summed E-state index contributed by atoms with van der Waals surface area (Å²) in [5.74, 6) is 0.572. The summed E-state index contributed by atoms with van der Waals surface area (Å²) in [6.07, 6.45) is 1.09. The van der Waals surface area contributed by atoms with E-state index < -0.39 is 10.0 Å². The lowest BCUT2D eigenvalue weighted by Crippen LogP contribution is -2.44. The van der Waals surface area contributed by atoms with Crippen molar-refractivity contribution in [1.82, 2.24) is 14.5 Å². The predicted octanol–water partition coefficient (Wildman–Crippen LogP) is 1.39. The third-order valence-corrected chi connectivity index (χ3v) is 7.03. The van der Waals surface area contributed by atoms with Crippen LogP contribution in [0.1, 0.15) is 24.0 Å². The highest BCUT2D eigenvalue weighted by atomic mass is 32.2. The molecule has 1 saturated heterocycles. The number of hydrogen-bond donors (Lipinski definition) is 1. The van der Waals surface area contributed by atoms with Gasteiger partial charge in [-0.15, -0.1) is 0 Å². The molecule has 1 aromatic rings. The molecule has 0 aromatic heterocycles. The van der Waals surface area contributed by atoms with Crippen LogP contribution in [-0.2, 0) is 14.8 Å². The smallest absolute Gasteiger partial charge is 0.243 e. The van der Waals surface area contributed by atoms with Crippen molar-refractivity contribution in [2.24, 2.45) is 5.92 Å². The first-order valence-electron chi connectivity index (χ1n) is 9.24. The number of nitrogens with one attached hydrogen (secondary N) is 1. The van der Waals surface area contributed by atoms with Crippen LogP contribution in [0.15, 0.2) is 17.0 Å². The molecule has 0 saturated carbocycles. The Labute approximate surface area is 162 Å². The van der Waals surface area contributed by atoms with E-state index in [9.17, 15) is 13.2 Å². The number of carbonyl (C=O) groups is 1. The van der Waals surface area contributed by atoms with Gasteiger partial charge < -0.3 is 15.0 Å². The topological polar surface area (TPSA) is 79.0 Å². The monoisotopic (exact) mass is 397 g/mol. The number of nitrogens with zero attached hydrogens (tertiary/aromatic N) is 2. The fraction of sp³-hybridized carbons (Fsp3) is 0.632. The lowest BCUT2D eigenvalue weighted by molar-refractivity contribution is -0.126. The Morgan fingerprint density at radius 1 is 1.22 bits per heavy atom. The fourth-order valence-electron chi connectivity index (χ4n) is 3.31. The van der Waals surface area contributed by atoms with E-state index in [4.69, 9.17) is 4.74 Å². The number of amides is 1. The minimum Gasteiger partial charge on any atom is -0.496 e. The maximum Gasteiger partial charge on any atom is 0.243 e. The molecule has 1 aliphatic heterocycles. The number of methoxy groups -OCH3 is 1. The summed E-state index contributed by atoms with van der Waals surface area (Å²) in [7, 11) is 1.91. The molecular formula is C19H31N3O4S. The molecule has 0 radical (unpaired) electrons. The highest BCUT2D eigenvalue weighted by Crippen LogP contribution is 2.30. The lowest BCUT2D eigenvalue weighted by atomic mass is 9.97. The Morgan fingerprint density at radius 3 is 2.41 bits per heavy atom. The van der Waals surface area contributed by atoms with E-state index in [-0.39, 0.29) is 11.8 Å². The van der Waals surface area contributed by atoms with E-state index in [0.29, 0.717) is 48.7 Å². The minimum absolute atomic E-state index is 0.0189. The number of piperidine rings is 1. The first kappa shape index (κ1) is 21.7. The third kappa shape index (κ3) is 5.21. The number of hydrogen-bond acceptors (Lipinski definition) is 5. The summed E-state index contributed by atoms with van der Waals surface area (Å²) in [6.45, 7) is 5.72. The average molecular weight is 398 g/mol. The largest absolute Gasteiger partial charge is 0.496 e. The van der Waals surface area contributed by atoms with Gasteiger partial charge in [0, 0.05) is 32.1 Å². The van der Waals surface area contributed by atoms with Crippen LogP contribution in [-0.4, -0.2) is 70.9 Å². The van der Waals surface area contributed by atoms with Crippen LogP contribution < -0.4 is 10.1 Å². The number of likely N-dealkylation sites (N-methyl/N-ethyl adjacent to an activating group) is 1. The van der Waals surface area contributed by atoms with Gasteiger partial charge in [0.05, 0.1) is 12.0 Å². The van der Waals surface area contributed by atoms with Crippen molar-refractivity contribution < 1.29 is 17.9 Å². The van der Waals surface area contributed by atoms with Crippen LogP contribution in [0.2, 0.25) is 0 Å². The summed E-state index contributed by atoms with van der Waals surface area (Å²) >= 11 is 0. The molecule has 0 aliphatic carbocycles. The zero-order valence-electron chi connectivity index (χ0n) is 16.9. The molecule has 1 N–H and O–H groups in total. The summed E-state index contributed by atoms with van der Waals surface area (Å²) in [5, 5.41) is 2.94. The van der Waals surface area contributed by atoms with Crippen molar-refractivity contribution in [2.75, 3.05) is 47.4 Å². The van der Waals surface area contributed by atoms with Crippen LogP contribution in [0.25, 0.3) is 0 Å². The zero-order chi connectivity index (χ0) is 20.2. The second kappa shape index (κ2) is 9.03. The zero-order valence-corrected chi connectivity index (χ0v) is 17.7. The molecule has 152 valence electrons. The van der Waals surface area contributed by atoms with Gasteiger partial charge in [0.2, 0.25) is 15.9 Å². The van der Waals surface area contributed by atoms with Gasteiger partial charge in [0.25, 0.3) is 0 Å². The van der Waals surface area contributed by atoms with Gasteiger partial charge in [-0.1, -0.05) is 0 Å². The number of ether oxygens (including phenoxy) is 1. The van der Waals surface area contributed by atoms with Crippen LogP contribution in [0.3, 0.4) is 0 Å². The van der Waals surface area contributed by atoms with Gasteiger partial charge >= 0.3 is 0 Å². The van der Waals surface area contributed by atoms with Crippen LogP contribution in [0, 0.1) is 19.8 Å². The SMILES string of the molecule is COc1cc(C)c(S(=O)(=O)N2CCC(C(=O)NCCN(C)C)CC2)cc1C. The number of benzene rings is 1. The third-order valence-electron chi connectivity index (χ3n) is 4.99. The standard InChI is InChI=1S/C19H31N3O4S/c1-14-13-18(15(2)12-17(14)26-5)27(24,25)22-9-6-16(7-10-22)19(23)20-8-11-21(3)4/h12-13,16H,6-11H2,1-5H3,(H,20,23). The fourth-order valence-corrected chi connectivity index (χ4v) is 5.07. The minimum atomic E-state index is -3.58. The Kier molecular flexibility index (Phi) is 7.25. The second-order valence-corrected chi connectivity index (χ2v) is 9.27. The van der Waals surface area contributed by atoms with E-state index in [2.05, 4.69) is 5.32 Å². The number of carbonyl (C=O) groups excluding carboxylic acids is 1. The molecule has 0 spiro atoms. The predicted molar refractivity (Wildman–Crippen MR) is 106 cm³/mol. The maximum absolute atomic E-state index is 13.1. The van der Waals surface area contributed by atoms with Gasteiger partial charge in [-0.05, 0) is 64.0 Å². The van der Waals surface area contributed by atoms with Crippen LogP contribution in [0.5, 0.6) is 5.75 Å². The van der Waals surface area contributed by atoms with Crippen LogP contribution >= 0.6 is 0 Å². The first-order chi connectivity index (χ1) is 12.7. The highest BCUT2D eigenvalue weighted by molar-refractivity contribution is 7.89. The number of aryl methyl sites for hydroxylation is 2. The van der Waals surface area contributed by atoms with E-state index in [0.717, 1.165) is 12.1 Å². The summed E-state index contributed by atoms with van der Waals surface area (Å²) in [4.78, 5) is 14.6. The quantitative estimate of drug-likeness (QED) is 0.752. The second-order valence-electron chi connectivity index (χ2n) is 7.36. The molecule has 2 rings (SSSR count). The van der Waals surface area contributed by atoms with Crippen molar-refractivity contribution in [1.29, 1.82) is 0 Å². The van der Waals surface area contributed by atoms with Gasteiger partial charge in [0.1, 0.15) is 5.75 Å². The van der Waals surface area contributed by atoms with Crippen molar-refractivity contribution in [3.63, 3.8) is 0 Å². The molecule has 0 bridgehead atoms. The summed E-state index contributed by atoms with van der Waals surface area (Å²) in [5.41, 5.74) is 1.46. The Hall–Kier alpha value is -1.64. The van der Waals surface area contributed by atoms with Crippen molar-refractivity contribution in [3.8, 4) is 5.75 Å². The summed E-state index contributed by atoms with van der Waals surface area (Å²) < 4.78 is 32.9. The van der Waals surface area contributed by atoms with Crippen molar-refractivity contribution >= 4 is 15.9 Å². The summed E-state index contributed by atoms with van der Waals surface area (Å²) in [6, 6.07) is 3.43. The van der Waals surface area contributed by atoms with Gasteiger partial charge in [-0.3, -0.25) is 4.79 Å². The van der Waals surface area contributed by atoms with Crippen molar-refractivity contribution in [2.45, 2.75) is 31.6 Å². The van der Waals surface area contributed by atoms with Gasteiger partial charge in [0.15, 0.2) is 0 Å². The van der Waals surface area contributed by atoms with E-state index in [1.807, 2.05) is 25.9 Å². The van der Waals surface area contributed by atoms with E-state index in [1.54, 1.807) is 26.2 Å². The van der Waals surface area contributed by atoms with E-state index >= 15 is 0 Å². The molecule has 27 heavy (non-hydrogen) atoms. The Bertz CT molecular complexity index is 769. The van der Waals surface area contributed by atoms with Gasteiger partial charge in [-0.2, -0.15) is 4.31 Å². The molecular weight excluding hydrogens is 366 g/mol. The average Bonchev–Trinajstić information content (AvgIpc) is 2.62. The first-order valence-corrected chi connectivity index (χ1v) is 10.7. The Balaban J connectivity index is 2.02. The maximum atomic E-state index is 13.1. The molecule has 0 atom stereocenters. The van der Waals surface area contributed by atoms with E-state index in [1.165, 1.54) is 4.31 Å².